The molecule has 0 aliphatic carbocycles. The first-order valence-corrected chi connectivity index (χ1v) is 10.0. The summed E-state index contributed by atoms with van der Waals surface area (Å²) in [5.41, 5.74) is 2.21. The molecule has 0 saturated heterocycles. The summed E-state index contributed by atoms with van der Waals surface area (Å²) in [6.45, 7) is 0. The summed E-state index contributed by atoms with van der Waals surface area (Å²) in [6, 6.07) is 30.9. The molecule has 0 N–H and O–H groups in total. The normalized spacial score (nSPS) is 15.1. The summed E-state index contributed by atoms with van der Waals surface area (Å²) in [5.74, 6) is 1.64. The number of hydrogen-bond donors (Lipinski definition) is 0. The Kier molecular flexibility index (Phi) is 3.40. The number of thiazole rings is 1. The van der Waals surface area contributed by atoms with Gasteiger partial charge in [0.25, 0.3) is 5.01 Å². The third-order valence-electron chi connectivity index (χ3n) is 5.06. The number of benzene rings is 4. The van der Waals surface area contributed by atoms with Gasteiger partial charge in [-0.2, -0.15) is 0 Å². The second-order valence-electron chi connectivity index (χ2n) is 6.79. The summed E-state index contributed by atoms with van der Waals surface area (Å²) < 4.78 is 16.0. The first-order valence-electron chi connectivity index (χ1n) is 9.21. The van der Waals surface area contributed by atoms with Crippen LogP contribution in [0.2, 0.25) is 0 Å². The average Bonchev–Trinajstić information content (AvgIpc) is 3.14. The van der Waals surface area contributed by atoms with Gasteiger partial charge < -0.3 is 9.47 Å². The fraction of sp³-hybridized carbons (Fsp3) is 0.0417. The molecule has 0 fully saturated rings. The first-order chi connectivity index (χ1) is 13.9. The fourth-order valence-corrected chi connectivity index (χ4v) is 4.93. The van der Waals surface area contributed by atoms with E-state index in [1.165, 1.54) is 10.1 Å². The van der Waals surface area contributed by atoms with Gasteiger partial charge in [0, 0.05) is 6.07 Å². The minimum Gasteiger partial charge on any atom is -0.401 e. The number of hydrogen-bond acceptors (Lipinski definition) is 3. The molecule has 4 aromatic carbocycles. The number of nitrogens with zero attached hydrogens (tertiary/aromatic N) is 1. The Hall–Kier alpha value is -3.37. The summed E-state index contributed by atoms with van der Waals surface area (Å²) in [7, 11) is 0. The molecule has 1 atom stereocenters. The van der Waals surface area contributed by atoms with E-state index in [4.69, 9.17) is 9.47 Å². The first kappa shape index (κ1) is 15.7. The van der Waals surface area contributed by atoms with Crippen molar-refractivity contribution in [3.8, 4) is 22.1 Å². The Morgan fingerprint density at radius 2 is 1.57 bits per heavy atom. The van der Waals surface area contributed by atoms with Gasteiger partial charge in [-0.05, 0) is 41.1 Å². The van der Waals surface area contributed by atoms with E-state index in [1.807, 2.05) is 36.4 Å². The van der Waals surface area contributed by atoms with Gasteiger partial charge in [-0.15, -0.1) is 4.57 Å². The molecule has 0 bridgehead atoms. The lowest BCUT2D eigenvalue weighted by Crippen LogP contribution is -2.48. The van der Waals surface area contributed by atoms with Gasteiger partial charge in [0.15, 0.2) is 0 Å². The molecule has 1 aromatic heterocycles. The maximum atomic E-state index is 6.36. The van der Waals surface area contributed by atoms with E-state index >= 15 is 0 Å². The molecule has 0 radical (unpaired) electrons. The van der Waals surface area contributed by atoms with Crippen LogP contribution in [0.25, 0.3) is 31.6 Å². The van der Waals surface area contributed by atoms with Crippen molar-refractivity contribution in [2.45, 2.75) is 6.41 Å². The lowest BCUT2D eigenvalue weighted by molar-refractivity contribution is -0.757. The second-order valence-corrected chi connectivity index (χ2v) is 7.82. The minimum absolute atomic E-state index is 0.554. The van der Waals surface area contributed by atoms with E-state index in [-0.39, 0.29) is 0 Å². The highest BCUT2D eigenvalue weighted by atomic mass is 32.1. The molecule has 4 heteroatoms. The van der Waals surface area contributed by atoms with Crippen LogP contribution in [0.3, 0.4) is 0 Å². The molecule has 3 nitrogen and oxygen atoms in total. The highest BCUT2D eigenvalue weighted by molar-refractivity contribution is 7.21. The van der Waals surface area contributed by atoms with E-state index in [9.17, 15) is 0 Å². The zero-order valence-electron chi connectivity index (χ0n) is 14.9. The lowest BCUT2D eigenvalue weighted by atomic mass is 10.1. The number of ether oxygens (including phenoxy) is 2. The van der Waals surface area contributed by atoms with Crippen molar-refractivity contribution < 1.29 is 14.0 Å². The maximum Gasteiger partial charge on any atom is 0.469 e. The number of rotatable bonds is 2. The van der Waals surface area contributed by atoms with Crippen LogP contribution in [-0.4, -0.2) is 0 Å². The quantitative estimate of drug-likeness (QED) is 0.353. The van der Waals surface area contributed by atoms with Crippen LogP contribution in [0.4, 0.5) is 0 Å². The summed E-state index contributed by atoms with van der Waals surface area (Å²) in [5, 5.41) is 3.49. The third kappa shape index (κ3) is 2.38. The van der Waals surface area contributed by atoms with Gasteiger partial charge in [0.2, 0.25) is 5.52 Å². The van der Waals surface area contributed by atoms with E-state index in [2.05, 4.69) is 59.2 Å². The van der Waals surface area contributed by atoms with E-state index < -0.39 is 6.41 Å². The molecule has 28 heavy (non-hydrogen) atoms. The van der Waals surface area contributed by atoms with Crippen LogP contribution in [0, 0.1) is 0 Å². The van der Waals surface area contributed by atoms with Crippen molar-refractivity contribution in [3.05, 3.63) is 91.0 Å². The van der Waals surface area contributed by atoms with Crippen LogP contribution < -0.4 is 14.0 Å². The molecule has 0 amide bonds. The van der Waals surface area contributed by atoms with Gasteiger partial charge in [0.05, 0.1) is 0 Å². The van der Waals surface area contributed by atoms with Gasteiger partial charge >= 0.3 is 6.41 Å². The van der Waals surface area contributed by atoms with E-state index in [0.717, 1.165) is 33.0 Å². The Bertz CT molecular complexity index is 1340. The highest BCUT2D eigenvalue weighted by Crippen LogP contribution is 2.40. The third-order valence-corrected chi connectivity index (χ3v) is 6.24. The van der Waals surface area contributed by atoms with Gasteiger partial charge in [-0.1, -0.05) is 65.9 Å². The minimum atomic E-state index is -0.554. The zero-order chi connectivity index (χ0) is 18.5. The van der Waals surface area contributed by atoms with E-state index in [1.54, 1.807) is 11.3 Å². The average molecular weight is 382 g/mol. The van der Waals surface area contributed by atoms with Crippen LogP contribution in [0.5, 0.6) is 11.5 Å². The lowest BCUT2D eigenvalue weighted by Gasteiger charge is -2.21. The van der Waals surface area contributed by atoms with Crippen molar-refractivity contribution in [1.29, 1.82) is 0 Å². The molecular weight excluding hydrogens is 366 g/mol. The molecule has 0 saturated carbocycles. The van der Waals surface area contributed by atoms with Crippen molar-refractivity contribution in [2.75, 3.05) is 0 Å². The van der Waals surface area contributed by atoms with Crippen molar-refractivity contribution in [1.82, 2.24) is 0 Å². The second kappa shape index (κ2) is 6.08. The van der Waals surface area contributed by atoms with Gasteiger partial charge in [0.1, 0.15) is 21.8 Å². The number of fused-ring (bicyclic) bond motifs is 6. The molecule has 1 unspecified atom stereocenters. The largest absolute Gasteiger partial charge is 0.469 e. The predicted octanol–water partition coefficient (Wildman–Crippen LogP) is 5.94. The molecule has 2 heterocycles. The van der Waals surface area contributed by atoms with Gasteiger partial charge in [-0.25, -0.2) is 0 Å². The van der Waals surface area contributed by atoms with Crippen LogP contribution >= 0.6 is 11.3 Å². The van der Waals surface area contributed by atoms with Crippen molar-refractivity contribution in [2.24, 2.45) is 0 Å². The SMILES string of the molecule is c1ccc2c(c1)OC(Oc1ccc3ccccc3c1)[n+]1c-2sc2ccccc21. The van der Waals surface area contributed by atoms with Crippen LogP contribution in [-0.2, 0) is 0 Å². The molecule has 134 valence electrons. The zero-order valence-corrected chi connectivity index (χ0v) is 15.7. The Morgan fingerprint density at radius 3 is 2.54 bits per heavy atom. The molecule has 1 aliphatic rings. The summed E-state index contributed by atoms with van der Waals surface area (Å²) in [4.78, 5) is 0. The summed E-state index contributed by atoms with van der Waals surface area (Å²) >= 11 is 1.76. The van der Waals surface area contributed by atoms with Crippen molar-refractivity contribution in [3.63, 3.8) is 0 Å². The Labute approximate surface area is 166 Å². The number of aromatic nitrogens is 1. The van der Waals surface area contributed by atoms with Crippen LogP contribution in [0.1, 0.15) is 6.41 Å². The monoisotopic (exact) mass is 382 g/mol. The predicted molar refractivity (Wildman–Crippen MR) is 112 cm³/mol. The topological polar surface area (TPSA) is 22.3 Å². The van der Waals surface area contributed by atoms with E-state index in [0.29, 0.717) is 0 Å². The Morgan fingerprint density at radius 1 is 0.786 bits per heavy atom. The fourth-order valence-electron chi connectivity index (χ4n) is 3.74. The highest BCUT2D eigenvalue weighted by Gasteiger charge is 2.39. The number of para-hydroxylation sites is 2. The Balaban J connectivity index is 1.50. The van der Waals surface area contributed by atoms with Crippen molar-refractivity contribution >= 4 is 32.3 Å². The maximum absolute atomic E-state index is 6.36. The molecule has 0 spiro atoms. The van der Waals surface area contributed by atoms with Gasteiger partial charge in [-0.3, -0.25) is 0 Å². The standard InChI is InChI=1S/C24H16NO2S/c1-2-8-17-15-18(14-13-16(17)7-1)26-24-25-20-10-4-6-12-22(20)28-23(25)19-9-3-5-11-21(19)27-24/h1-15,24H/q+1. The molecule has 1 aliphatic heterocycles. The molecule has 5 aromatic rings. The smallest absolute Gasteiger partial charge is 0.401 e. The summed E-state index contributed by atoms with van der Waals surface area (Å²) in [6.07, 6.45) is -0.554. The molecule has 6 rings (SSSR count). The van der Waals surface area contributed by atoms with Crippen LogP contribution in [0.15, 0.2) is 91.0 Å². The molecular formula is C24H16NO2S+.